The van der Waals surface area contributed by atoms with E-state index in [9.17, 15) is 9.59 Å². The van der Waals surface area contributed by atoms with Gasteiger partial charge in [-0.25, -0.2) is 0 Å². The molecule has 1 rings (SSSR count). The standard InChI is InChI=1S/C13H20N4O2/c1-13(2,12(19)15-3)8-17-11(18)6-10-5-4-9(14)7-16-10/h4-5,7H,6,8,14H2,1-3H3,(H,15,19)(H,17,18). The first-order valence-electron chi connectivity index (χ1n) is 6.04. The zero-order valence-electron chi connectivity index (χ0n) is 11.5. The Bertz CT molecular complexity index is 454. The van der Waals surface area contributed by atoms with Crippen molar-refractivity contribution >= 4 is 17.5 Å². The molecule has 0 aliphatic rings. The Morgan fingerprint density at radius 2 is 2.05 bits per heavy atom. The van der Waals surface area contributed by atoms with Crippen LogP contribution in [0.5, 0.6) is 0 Å². The van der Waals surface area contributed by atoms with E-state index < -0.39 is 5.41 Å². The van der Waals surface area contributed by atoms with Crippen molar-refractivity contribution in [3.8, 4) is 0 Å². The molecule has 0 unspecified atom stereocenters. The number of nitrogens with one attached hydrogen (secondary N) is 2. The van der Waals surface area contributed by atoms with Crippen molar-refractivity contribution < 1.29 is 9.59 Å². The smallest absolute Gasteiger partial charge is 0.227 e. The maximum absolute atomic E-state index is 11.7. The summed E-state index contributed by atoms with van der Waals surface area (Å²) in [7, 11) is 1.57. The van der Waals surface area contributed by atoms with Crippen LogP contribution >= 0.6 is 0 Å². The highest BCUT2D eigenvalue weighted by atomic mass is 16.2. The summed E-state index contributed by atoms with van der Waals surface area (Å²) in [6.45, 7) is 3.82. The minimum absolute atomic E-state index is 0.113. The first-order chi connectivity index (χ1) is 8.85. The molecule has 1 heterocycles. The lowest BCUT2D eigenvalue weighted by Gasteiger charge is -2.22. The third-order valence-electron chi connectivity index (χ3n) is 2.76. The molecule has 6 heteroatoms. The Labute approximate surface area is 112 Å². The number of amides is 2. The number of nitrogen functional groups attached to an aromatic ring is 1. The fourth-order valence-electron chi connectivity index (χ4n) is 1.51. The second-order valence-electron chi connectivity index (χ2n) is 5.00. The van der Waals surface area contributed by atoms with Gasteiger partial charge in [0.15, 0.2) is 0 Å². The van der Waals surface area contributed by atoms with E-state index >= 15 is 0 Å². The van der Waals surface area contributed by atoms with Crippen molar-refractivity contribution in [1.29, 1.82) is 0 Å². The van der Waals surface area contributed by atoms with Crippen LogP contribution in [0.4, 0.5) is 5.69 Å². The number of rotatable bonds is 5. The number of nitrogens with two attached hydrogens (primary N) is 1. The molecule has 2 amide bonds. The largest absolute Gasteiger partial charge is 0.397 e. The third-order valence-corrected chi connectivity index (χ3v) is 2.76. The van der Waals surface area contributed by atoms with E-state index in [0.717, 1.165) is 0 Å². The fraction of sp³-hybridized carbons (Fsp3) is 0.462. The molecule has 1 aromatic heterocycles. The number of anilines is 1. The van der Waals surface area contributed by atoms with E-state index in [1.807, 2.05) is 0 Å². The van der Waals surface area contributed by atoms with Gasteiger partial charge in [-0.05, 0) is 26.0 Å². The van der Waals surface area contributed by atoms with Crippen molar-refractivity contribution in [3.05, 3.63) is 24.0 Å². The lowest BCUT2D eigenvalue weighted by atomic mass is 9.92. The van der Waals surface area contributed by atoms with E-state index in [1.54, 1.807) is 33.0 Å². The van der Waals surface area contributed by atoms with Gasteiger partial charge < -0.3 is 16.4 Å². The number of aromatic nitrogens is 1. The van der Waals surface area contributed by atoms with Crippen LogP contribution in [0.1, 0.15) is 19.5 Å². The van der Waals surface area contributed by atoms with Gasteiger partial charge in [-0.15, -0.1) is 0 Å². The molecule has 4 N–H and O–H groups in total. The van der Waals surface area contributed by atoms with E-state index in [4.69, 9.17) is 5.73 Å². The van der Waals surface area contributed by atoms with Crippen molar-refractivity contribution in [1.82, 2.24) is 15.6 Å². The van der Waals surface area contributed by atoms with Crippen molar-refractivity contribution in [2.45, 2.75) is 20.3 Å². The Balaban J connectivity index is 2.48. The van der Waals surface area contributed by atoms with Crippen molar-refractivity contribution in [3.63, 3.8) is 0 Å². The summed E-state index contributed by atoms with van der Waals surface area (Å²) in [6, 6.07) is 3.41. The highest BCUT2D eigenvalue weighted by molar-refractivity contribution is 5.83. The molecule has 0 bridgehead atoms. The van der Waals surface area contributed by atoms with E-state index in [-0.39, 0.29) is 24.8 Å². The average Bonchev–Trinajstić information content (AvgIpc) is 2.38. The second-order valence-corrected chi connectivity index (χ2v) is 5.00. The van der Waals surface area contributed by atoms with Crippen LogP contribution in [0, 0.1) is 5.41 Å². The third kappa shape index (κ3) is 4.57. The molecule has 0 spiro atoms. The zero-order valence-corrected chi connectivity index (χ0v) is 11.5. The zero-order chi connectivity index (χ0) is 14.5. The minimum atomic E-state index is -0.640. The van der Waals surface area contributed by atoms with Crippen LogP contribution in [-0.4, -0.2) is 30.4 Å². The monoisotopic (exact) mass is 264 g/mol. The second kappa shape index (κ2) is 6.17. The molecule has 0 saturated carbocycles. The van der Waals surface area contributed by atoms with Crippen LogP contribution in [0.2, 0.25) is 0 Å². The molecule has 0 aliphatic heterocycles. The van der Waals surface area contributed by atoms with Crippen LogP contribution in [0.3, 0.4) is 0 Å². The number of carbonyl (C=O) groups excluding carboxylic acids is 2. The maximum atomic E-state index is 11.7. The topological polar surface area (TPSA) is 97.1 Å². The summed E-state index contributed by atoms with van der Waals surface area (Å²) in [4.78, 5) is 27.3. The molecule has 0 saturated heterocycles. The Morgan fingerprint density at radius 3 is 2.58 bits per heavy atom. The summed E-state index contributed by atoms with van der Waals surface area (Å²) in [5.41, 5.74) is 6.08. The number of pyridine rings is 1. The molecule has 0 aliphatic carbocycles. The first kappa shape index (κ1) is 14.9. The average molecular weight is 264 g/mol. The molecule has 0 aromatic carbocycles. The van der Waals surface area contributed by atoms with Crippen molar-refractivity contribution in [2.24, 2.45) is 5.41 Å². The molecular formula is C13H20N4O2. The van der Waals surface area contributed by atoms with Gasteiger partial charge in [-0.2, -0.15) is 0 Å². The maximum Gasteiger partial charge on any atom is 0.227 e. The molecular weight excluding hydrogens is 244 g/mol. The van der Waals surface area contributed by atoms with Gasteiger partial charge in [-0.3, -0.25) is 14.6 Å². The summed E-state index contributed by atoms with van der Waals surface area (Å²) >= 11 is 0. The molecule has 6 nitrogen and oxygen atoms in total. The number of carbonyl (C=O) groups is 2. The normalized spacial score (nSPS) is 10.9. The number of nitrogens with zero attached hydrogens (tertiary/aromatic N) is 1. The van der Waals surface area contributed by atoms with E-state index in [2.05, 4.69) is 15.6 Å². The van der Waals surface area contributed by atoms with Gasteiger partial charge in [0.05, 0.1) is 23.7 Å². The van der Waals surface area contributed by atoms with Gasteiger partial charge in [0.25, 0.3) is 0 Å². The van der Waals surface area contributed by atoms with E-state index in [1.165, 1.54) is 6.20 Å². The molecule has 1 aromatic rings. The lowest BCUT2D eigenvalue weighted by Crippen LogP contribution is -2.44. The number of hydrogen-bond donors (Lipinski definition) is 3. The lowest BCUT2D eigenvalue weighted by molar-refractivity contribution is -0.129. The quantitative estimate of drug-likeness (QED) is 0.702. The summed E-state index contributed by atoms with van der Waals surface area (Å²) in [6.07, 6.45) is 1.68. The molecule has 0 radical (unpaired) electrons. The molecule has 0 fully saturated rings. The highest BCUT2D eigenvalue weighted by Crippen LogP contribution is 2.13. The van der Waals surface area contributed by atoms with Gasteiger partial charge >= 0.3 is 0 Å². The van der Waals surface area contributed by atoms with E-state index in [0.29, 0.717) is 11.4 Å². The summed E-state index contributed by atoms with van der Waals surface area (Å²) < 4.78 is 0. The van der Waals surface area contributed by atoms with Crippen LogP contribution < -0.4 is 16.4 Å². The summed E-state index contributed by atoms with van der Waals surface area (Å²) in [5.74, 6) is -0.285. The first-order valence-corrected chi connectivity index (χ1v) is 6.04. The van der Waals surface area contributed by atoms with Crippen molar-refractivity contribution in [2.75, 3.05) is 19.3 Å². The molecule has 104 valence electrons. The molecule has 0 atom stereocenters. The van der Waals surface area contributed by atoms with Gasteiger partial charge in [0, 0.05) is 19.3 Å². The Morgan fingerprint density at radius 1 is 1.37 bits per heavy atom. The SMILES string of the molecule is CNC(=O)C(C)(C)CNC(=O)Cc1ccc(N)cn1. The highest BCUT2D eigenvalue weighted by Gasteiger charge is 2.26. The van der Waals surface area contributed by atoms with Crippen LogP contribution in [0.25, 0.3) is 0 Å². The Hall–Kier alpha value is -2.11. The fourth-order valence-corrected chi connectivity index (χ4v) is 1.51. The van der Waals surface area contributed by atoms with Gasteiger partial charge in [0.1, 0.15) is 0 Å². The van der Waals surface area contributed by atoms with Crippen LogP contribution in [0.15, 0.2) is 18.3 Å². The minimum Gasteiger partial charge on any atom is -0.397 e. The number of hydrogen-bond acceptors (Lipinski definition) is 4. The van der Waals surface area contributed by atoms with Crippen LogP contribution in [-0.2, 0) is 16.0 Å². The van der Waals surface area contributed by atoms with Gasteiger partial charge in [0.2, 0.25) is 11.8 Å². The van der Waals surface area contributed by atoms with Gasteiger partial charge in [-0.1, -0.05) is 0 Å². The Kier molecular flexibility index (Phi) is 4.86. The predicted molar refractivity (Wildman–Crippen MR) is 73.2 cm³/mol. The summed E-state index contributed by atoms with van der Waals surface area (Å²) in [5, 5.41) is 5.30. The molecule has 19 heavy (non-hydrogen) atoms. The predicted octanol–water partition coefficient (Wildman–Crippen LogP) is 0.0947.